The van der Waals surface area contributed by atoms with Crippen molar-refractivity contribution in [3.05, 3.63) is 0 Å². The van der Waals surface area contributed by atoms with E-state index in [1.54, 1.807) is 0 Å². The molecule has 8 aliphatic rings. The summed E-state index contributed by atoms with van der Waals surface area (Å²) in [4.78, 5) is 25.7. The van der Waals surface area contributed by atoms with Gasteiger partial charge in [-0.1, -0.05) is 0 Å². The number of hydrogen-bond donors (Lipinski definition) is 0. The Kier molecular flexibility index (Phi) is 1.13. The standard InChI is InChI=1S/C16H16O5/c1-19-11(17)13-7-4-8-14(13,12(18)20-2)10-6-3-5(9(10)13)15(7)16(6,8)21-15/h5-10H,3-4H2,1-2H3/t5-,6+,7-,8-,9-,10+,13+,14+,15-,16+/m1/s1. The zero-order chi connectivity index (χ0) is 14.2. The zero-order valence-corrected chi connectivity index (χ0v) is 11.9. The molecular weight excluding hydrogens is 272 g/mol. The maximum atomic E-state index is 12.9. The maximum absolute atomic E-state index is 12.9. The van der Waals surface area contributed by atoms with Gasteiger partial charge >= 0.3 is 11.9 Å². The van der Waals surface area contributed by atoms with Gasteiger partial charge in [-0.05, 0) is 36.5 Å². The van der Waals surface area contributed by atoms with Gasteiger partial charge in [-0.3, -0.25) is 9.59 Å². The minimum Gasteiger partial charge on any atom is -0.469 e. The minimum atomic E-state index is -0.625. The molecule has 10 atom stereocenters. The number of carbonyl (C=O) groups is 2. The Morgan fingerprint density at radius 2 is 1.38 bits per heavy atom. The van der Waals surface area contributed by atoms with Crippen LogP contribution in [0.5, 0.6) is 0 Å². The molecule has 0 N–H and O–H groups in total. The van der Waals surface area contributed by atoms with Gasteiger partial charge < -0.3 is 14.2 Å². The lowest BCUT2D eigenvalue weighted by atomic mass is 9.39. The van der Waals surface area contributed by atoms with Crippen LogP contribution in [-0.4, -0.2) is 37.4 Å². The molecule has 5 heteroatoms. The fraction of sp³-hybridized carbons (Fsp3) is 0.875. The van der Waals surface area contributed by atoms with Gasteiger partial charge in [-0.2, -0.15) is 0 Å². The molecule has 7 aliphatic carbocycles. The summed E-state index contributed by atoms with van der Waals surface area (Å²) >= 11 is 0. The average molecular weight is 288 g/mol. The van der Waals surface area contributed by atoms with E-state index in [4.69, 9.17) is 14.2 Å². The highest BCUT2D eigenvalue weighted by Gasteiger charge is 3.16. The molecule has 21 heavy (non-hydrogen) atoms. The summed E-state index contributed by atoms with van der Waals surface area (Å²) in [5.74, 6) is 1.64. The SMILES string of the molecule is COC(=O)[C@@]12[C@H]3[C@@H]4[C@@H]5C[C@H]3[C@]36O[C@]53[C@H](C[C@@H]61)[C@@]42C(=O)OC. The van der Waals surface area contributed by atoms with Crippen LogP contribution in [0.15, 0.2) is 0 Å². The van der Waals surface area contributed by atoms with Crippen molar-refractivity contribution in [3.63, 3.8) is 0 Å². The number of carbonyl (C=O) groups excluding carboxylic acids is 2. The van der Waals surface area contributed by atoms with Gasteiger partial charge in [-0.15, -0.1) is 0 Å². The molecule has 8 fully saturated rings. The van der Waals surface area contributed by atoms with Crippen LogP contribution in [0.2, 0.25) is 0 Å². The smallest absolute Gasteiger partial charge is 0.313 e. The first-order valence-corrected chi connectivity index (χ1v) is 7.98. The van der Waals surface area contributed by atoms with Crippen LogP contribution < -0.4 is 0 Å². The molecule has 4 bridgehead atoms. The van der Waals surface area contributed by atoms with Crippen molar-refractivity contribution in [3.8, 4) is 0 Å². The Bertz CT molecular complexity index is 647. The predicted octanol–water partition coefficient (Wildman–Crippen LogP) is 0.372. The molecule has 5 nitrogen and oxygen atoms in total. The fourth-order valence-corrected chi connectivity index (χ4v) is 9.70. The molecule has 8 rings (SSSR count). The van der Waals surface area contributed by atoms with Gasteiger partial charge in [0.05, 0.1) is 25.0 Å². The number of ether oxygens (including phenoxy) is 3. The number of esters is 2. The number of rotatable bonds is 2. The maximum Gasteiger partial charge on any atom is 0.313 e. The lowest BCUT2D eigenvalue weighted by Crippen LogP contribution is -2.70. The first kappa shape index (κ1) is 10.6. The summed E-state index contributed by atoms with van der Waals surface area (Å²) in [5.41, 5.74) is -1.38. The molecule has 0 aromatic rings. The first-order chi connectivity index (χ1) is 10.1. The normalized spacial score (nSPS) is 73.8. The van der Waals surface area contributed by atoms with Gasteiger partial charge in [0.2, 0.25) is 0 Å². The molecule has 0 aromatic carbocycles. The van der Waals surface area contributed by atoms with Gasteiger partial charge in [0.1, 0.15) is 11.2 Å². The predicted molar refractivity (Wildman–Crippen MR) is 65.6 cm³/mol. The van der Waals surface area contributed by atoms with E-state index >= 15 is 0 Å². The highest BCUT2D eigenvalue weighted by atomic mass is 16.6. The van der Waals surface area contributed by atoms with Gasteiger partial charge in [0.25, 0.3) is 0 Å². The third-order valence-electron chi connectivity index (χ3n) is 9.16. The number of epoxide rings is 1. The summed E-state index contributed by atoms with van der Waals surface area (Å²) in [6.45, 7) is 0. The molecule has 0 amide bonds. The molecular formula is C16H16O5. The van der Waals surface area contributed by atoms with Crippen molar-refractivity contribution in [2.75, 3.05) is 14.2 Å². The Labute approximate surface area is 121 Å². The van der Waals surface area contributed by atoms with E-state index in [1.165, 1.54) is 14.2 Å². The molecule has 7 saturated carbocycles. The van der Waals surface area contributed by atoms with E-state index < -0.39 is 10.8 Å². The van der Waals surface area contributed by atoms with Gasteiger partial charge in [-0.25, -0.2) is 0 Å². The molecule has 0 unspecified atom stereocenters. The number of methoxy groups -OCH3 is 2. The lowest BCUT2D eigenvalue weighted by molar-refractivity contribution is -0.226. The second-order valence-corrected chi connectivity index (χ2v) is 8.25. The first-order valence-electron chi connectivity index (χ1n) is 7.98. The Balaban J connectivity index is 1.62. The van der Waals surface area contributed by atoms with Crippen LogP contribution in [0.3, 0.4) is 0 Å². The van der Waals surface area contributed by atoms with Crippen LogP contribution in [-0.2, 0) is 23.8 Å². The second-order valence-electron chi connectivity index (χ2n) is 8.25. The van der Waals surface area contributed by atoms with Crippen molar-refractivity contribution < 1.29 is 23.8 Å². The molecule has 0 radical (unpaired) electrons. The molecule has 1 aliphatic heterocycles. The Morgan fingerprint density at radius 3 is 1.81 bits per heavy atom. The largest absolute Gasteiger partial charge is 0.469 e. The van der Waals surface area contributed by atoms with E-state index in [2.05, 4.69) is 0 Å². The lowest BCUT2D eigenvalue weighted by Gasteiger charge is -2.60. The van der Waals surface area contributed by atoms with Crippen LogP contribution in [0.25, 0.3) is 0 Å². The van der Waals surface area contributed by atoms with Crippen molar-refractivity contribution in [1.82, 2.24) is 0 Å². The highest BCUT2D eigenvalue weighted by Crippen LogP contribution is 3.07. The summed E-state index contributed by atoms with van der Waals surface area (Å²) in [5, 5.41) is 0. The van der Waals surface area contributed by atoms with Crippen molar-refractivity contribution in [2.24, 2.45) is 46.3 Å². The third-order valence-corrected chi connectivity index (χ3v) is 9.16. The van der Waals surface area contributed by atoms with Crippen LogP contribution in [0.4, 0.5) is 0 Å². The van der Waals surface area contributed by atoms with Crippen molar-refractivity contribution >= 4 is 11.9 Å². The monoisotopic (exact) mass is 288 g/mol. The fourth-order valence-electron chi connectivity index (χ4n) is 9.70. The number of hydrogen-bond acceptors (Lipinski definition) is 5. The summed E-state index contributed by atoms with van der Waals surface area (Å²) in [6.07, 6.45) is 2.12. The van der Waals surface area contributed by atoms with Crippen LogP contribution >= 0.6 is 0 Å². The molecule has 110 valence electrons. The van der Waals surface area contributed by atoms with E-state index in [0.29, 0.717) is 23.7 Å². The van der Waals surface area contributed by atoms with E-state index in [9.17, 15) is 9.59 Å². The van der Waals surface area contributed by atoms with Gasteiger partial charge in [0.15, 0.2) is 0 Å². The average Bonchev–Trinajstić information content (AvgIpc) is 2.69. The quantitative estimate of drug-likeness (QED) is 0.542. The van der Waals surface area contributed by atoms with Crippen molar-refractivity contribution in [2.45, 2.75) is 24.0 Å². The molecule has 1 heterocycles. The van der Waals surface area contributed by atoms with E-state index in [1.807, 2.05) is 0 Å². The molecule has 1 saturated heterocycles. The van der Waals surface area contributed by atoms with Crippen LogP contribution in [0, 0.1) is 46.3 Å². The third kappa shape index (κ3) is 0.491. The second kappa shape index (κ2) is 2.25. The van der Waals surface area contributed by atoms with Crippen molar-refractivity contribution in [1.29, 1.82) is 0 Å². The molecule has 0 aromatic heterocycles. The van der Waals surface area contributed by atoms with E-state index in [0.717, 1.165) is 12.8 Å². The van der Waals surface area contributed by atoms with E-state index in [-0.39, 0.29) is 35.0 Å². The Hall–Kier alpha value is -1.10. The van der Waals surface area contributed by atoms with Gasteiger partial charge in [0, 0.05) is 11.8 Å². The summed E-state index contributed by atoms with van der Waals surface area (Å²) < 4.78 is 16.8. The Morgan fingerprint density at radius 1 is 0.905 bits per heavy atom. The zero-order valence-electron chi connectivity index (χ0n) is 11.9. The summed E-state index contributed by atoms with van der Waals surface area (Å²) in [6, 6.07) is 0. The highest BCUT2D eigenvalue weighted by molar-refractivity contribution is 5.98. The topological polar surface area (TPSA) is 65.1 Å². The molecule has 2 spiro atoms. The van der Waals surface area contributed by atoms with Crippen LogP contribution in [0.1, 0.15) is 12.8 Å². The summed E-state index contributed by atoms with van der Waals surface area (Å²) in [7, 11) is 2.91. The minimum absolute atomic E-state index is 0.0638.